The maximum atomic E-state index is 12.0. The second-order valence-corrected chi connectivity index (χ2v) is 11.3. The highest BCUT2D eigenvalue weighted by Crippen LogP contribution is 2.65. The molecule has 0 spiro atoms. The first kappa shape index (κ1) is 22.7. The van der Waals surface area contributed by atoms with Crippen LogP contribution in [0, 0.1) is 39.4 Å². The number of hydrogen-bond acceptors (Lipinski definition) is 4. The van der Waals surface area contributed by atoms with Gasteiger partial charge in [-0.2, -0.15) is 4.91 Å². The third-order valence-corrected chi connectivity index (χ3v) is 9.65. The molecule has 0 bridgehead atoms. The molecule has 2 fully saturated rings. The van der Waals surface area contributed by atoms with E-state index < -0.39 is 0 Å². The van der Waals surface area contributed by atoms with E-state index in [4.69, 9.17) is 4.74 Å². The van der Waals surface area contributed by atoms with Crippen LogP contribution in [0.25, 0.3) is 0 Å². The molecule has 0 radical (unpaired) electrons. The van der Waals surface area contributed by atoms with Gasteiger partial charge in [0, 0.05) is 6.42 Å². The smallest absolute Gasteiger partial charge is 0.305 e. The van der Waals surface area contributed by atoms with Crippen molar-refractivity contribution >= 4 is 5.97 Å². The number of allylic oxidation sites excluding steroid dienone is 3. The predicted octanol–water partition coefficient (Wildman–Crippen LogP) is 6.99. The van der Waals surface area contributed by atoms with E-state index in [2.05, 4.69) is 38.1 Å². The van der Waals surface area contributed by atoms with Crippen molar-refractivity contribution in [1.82, 2.24) is 0 Å². The summed E-state index contributed by atoms with van der Waals surface area (Å²) >= 11 is 0. The number of esters is 1. The molecule has 0 aliphatic heterocycles. The number of carbonyl (C=O) groups excluding carboxylic acids is 1. The van der Waals surface area contributed by atoms with Gasteiger partial charge in [0.05, 0.1) is 12.6 Å². The minimum Gasteiger partial charge on any atom is -0.466 e. The van der Waals surface area contributed by atoms with Gasteiger partial charge in [-0.15, -0.1) is 0 Å². The molecule has 0 aromatic heterocycles. The Morgan fingerprint density at radius 3 is 2.68 bits per heavy atom. The van der Waals surface area contributed by atoms with Crippen molar-refractivity contribution in [2.75, 3.05) is 6.61 Å². The molecule has 4 nitrogen and oxygen atoms in total. The highest BCUT2D eigenvalue weighted by atomic mass is 16.5. The summed E-state index contributed by atoms with van der Waals surface area (Å²) < 4.78 is 5.29. The number of ether oxygens (including phenoxy) is 1. The van der Waals surface area contributed by atoms with Crippen LogP contribution >= 0.6 is 0 Å². The maximum Gasteiger partial charge on any atom is 0.305 e. The van der Waals surface area contributed by atoms with Gasteiger partial charge < -0.3 is 4.74 Å². The molecule has 4 heteroatoms. The van der Waals surface area contributed by atoms with Gasteiger partial charge >= 0.3 is 5.97 Å². The zero-order valence-corrected chi connectivity index (χ0v) is 20.0. The third kappa shape index (κ3) is 3.93. The Morgan fingerprint density at radius 2 is 1.94 bits per heavy atom. The van der Waals surface area contributed by atoms with Gasteiger partial charge in [-0.25, -0.2) is 0 Å². The monoisotopic (exact) mass is 427 g/mol. The van der Waals surface area contributed by atoms with Crippen molar-refractivity contribution in [3.05, 3.63) is 28.2 Å². The molecule has 4 aliphatic carbocycles. The van der Waals surface area contributed by atoms with Crippen LogP contribution < -0.4 is 0 Å². The first-order chi connectivity index (χ1) is 14.8. The standard InChI is InChI=1S/C27H41NO3/c1-5-16-31-25(29)11-6-18(2)22-9-10-23-21-8-7-19-17-20(28-30)12-14-26(19,3)24(21)13-15-27(22,23)4/h7,9,18,20-21,23-24H,5-6,8,10-17H2,1-4H3/t18-,20-,21?,23?,24?,26+,27-/m1/s1. The van der Waals surface area contributed by atoms with Crippen LogP contribution in [0.1, 0.15) is 91.9 Å². The van der Waals surface area contributed by atoms with Crippen LogP contribution in [0.2, 0.25) is 0 Å². The van der Waals surface area contributed by atoms with Crippen molar-refractivity contribution in [2.24, 2.45) is 39.7 Å². The van der Waals surface area contributed by atoms with Gasteiger partial charge in [-0.05, 0) is 92.3 Å². The van der Waals surface area contributed by atoms with Crippen molar-refractivity contribution in [1.29, 1.82) is 0 Å². The molecule has 7 atom stereocenters. The molecule has 172 valence electrons. The summed E-state index contributed by atoms with van der Waals surface area (Å²) in [7, 11) is 0. The van der Waals surface area contributed by atoms with Crippen LogP contribution in [0.4, 0.5) is 0 Å². The SMILES string of the molecule is CCCOC(=O)CC[C@@H](C)C1=CCC2C3CC=C4C[C@H](N=O)CC[C@]4(C)C3CC[C@]12C. The summed E-state index contributed by atoms with van der Waals surface area (Å²) in [6.45, 7) is 9.87. The number of nitroso groups, excluding NO2 is 1. The van der Waals surface area contributed by atoms with Gasteiger partial charge in [0.15, 0.2) is 0 Å². The molecule has 31 heavy (non-hydrogen) atoms. The van der Waals surface area contributed by atoms with Crippen LogP contribution in [-0.4, -0.2) is 18.6 Å². The lowest BCUT2D eigenvalue weighted by molar-refractivity contribution is -0.143. The van der Waals surface area contributed by atoms with Gasteiger partial charge in [0.2, 0.25) is 0 Å². The molecule has 3 unspecified atom stereocenters. The third-order valence-electron chi connectivity index (χ3n) is 9.65. The van der Waals surface area contributed by atoms with Crippen LogP contribution in [-0.2, 0) is 9.53 Å². The highest BCUT2D eigenvalue weighted by molar-refractivity contribution is 5.69. The zero-order valence-electron chi connectivity index (χ0n) is 20.0. The van der Waals surface area contributed by atoms with Crippen LogP contribution in [0.15, 0.2) is 28.5 Å². The average Bonchev–Trinajstić information content (AvgIpc) is 3.12. The van der Waals surface area contributed by atoms with Crippen molar-refractivity contribution in [2.45, 2.75) is 97.9 Å². The lowest BCUT2D eigenvalue weighted by Crippen LogP contribution is -2.50. The Morgan fingerprint density at radius 1 is 1.16 bits per heavy atom. The van der Waals surface area contributed by atoms with E-state index in [0.29, 0.717) is 24.9 Å². The van der Waals surface area contributed by atoms with Crippen molar-refractivity contribution < 1.29 is 9.53 Å². The summed E-state index contributed by atoms with van der Waals surface area (Å²) in [4.78, 5) is 23.2. The number of fused-ring (bicyclic) bond motifs is 5. The van der Waals surface area contributed by atoms with Gasteiger partial charge in [-0.3, -0.25) is 4.79 Å². The fourth-order valence-electron chi connectivity index (χ4n) is 7.87. The molecular formula is C27H41NO3. The maximum absolute atomic E-state index is 12.0. The molecule has 4 aliphatic rings. The topological polar surface area (TPSA) is 55.7 Å². The fourth-order valence-corrected chi connectivity index (χ4v) is 7.87. The molecule has 0 heterocycles. The zero-order chi connectivity index (χ0) is 22.2. The van der Waals surface area contributed by atoms with Gasteiger partial charge in [-0.1, -0.05) is 56.2 Å². The van der Waals surface area contributed by atoms with Crippen LogP contribution in [0.3, 0.4) is 0 Å². The van der Waals surface area contributed by atoms with E-state index in [9.17, 15) is 9.70 Å². The van der Waals surface area contributed by atoms with E-state index in [1.165, 1.54) is 31.3 Å². The largest absolute Gasteiger partial charge is 0.466 e. The van der Waals surface area contributed by atoms with Crippen molar-refractivity contribution in [3.63, 3.8) is 0 Å². The van der Waals surface area contributed by atoms with E-state index >= 15 is 0 Å². The minimum absolute atomic E-state index is 0.00523. The fraction of sp³-hybridized carbons (Fsp3) is 0.815. The first-order valence-corrected chi connectivity index (χ1v) is 12.7. The van der Waals surface area contributed by atoms with E-state index in [0.717, 1.165) is 43.9 Å². The lowest BCUT2D eigenvalue weighted by atomic mass is 9.47. The molecule has 0 aromatic rings. The molecular weight excluding hydrogens is 386 g/mol. The minimum atomic E-state index is -0.0454. The summed E-state index contributed by atoms with van der Waals surface area (Å²) in [5.74, 6) is 2.59. The Bertz CT molecular complexity index is 770. The second kappa shape index (κ2) is 8.83. The Kier molecular flexibility index (Phi) is 6.47. The van der Waals surface area contributed by atoms with Gasteiger partial charge in [0.1, 0.15) is 0 Å². The van der Waals surface area contributed by atoms with E-state index in [1.54, 1.807) is 5.57 Å². The molecule has 0 aromatic carbocycles. The average molecular weight is 428 g/mol. The Hall–Kier alpha value is -1.45. The summed E-state index contributed by atoms with van der Waals surface area (Å²) in [5, 5.41) is 3.38. The molecule has 0 amide bonds. The number of rotatable bonds is 7. The molecule has 4 rings (SSSR count). The molecule has 2 saturated carbocycles. The quantitative estimate of drug-likeness (QED) is 0.250. The van der Waals surface area contributed by atoms with E-state index in [1.807, 2.05) is 6.92 Å². The summed E-state index contributed by atoms with van der Waals surface area (Å²) in [6.07, 6.45) is 15.2. The Labute approximate surface area is 188 Å². The normalized spacial score (nSPS) is 40.0. The summed E-state index contributed by atoms with van der Waals surface area (Å²) in [6, 6.07) is -0.00523. The van der Waals surface area contributed by atoms with E-state index in [-0.39, 0.29) is 22.8 Å². The van der Waals surface area contributed by atoms with Crippen LogP contribution in [0.5, 0.6) is 0 Å². The van der Waals surface area contributed by atoms with Gasteiger partial charge in [0.25, 0.3) is 0 Å². The highest BCUT2D eigenvalue weighted by Gasteiger charge is 2.57. The Balaban J connectivity index is 1.45. The predicted molar refractivity (Wildman–Crippen MR) is 124 cm³/mol. The lowest BCUT2D eigenvalue weighted by Gasteiger charge is -2.58. The summed E-state index contributed by atoms with van der Waals surface area (Å²) in [5.41, 5.74) is 3.67. The number of carbonyl (C=O) groups is 1. The number of hydrogen-bond donors (Lipinski definition) is 0. The second-order valence-electron chi connectivity index (χ2n) is 11.3. The molecule has 0 saturated heterocycles. The molecule has 0 N–H and O–H groups in total. The first-order valence-electron chi connectivity index (χ1n) is 12.7. The number of nitrogens with zero attached hydrogens (tertiary/aromatic N) is 1. The van der Waals surface area contributed by atoms with Crippen molar-refractivity contribution in [3.8, 4) is 0 Å².